The van der Waals surface area contributed by atoms with Crippen LogP contribution in [-0.4, -0.2) is 12.3 Å². The van der Waals surface area contributed by atoms with Gasteiger partial charge in [-0.3, -0.25) is 4.79 Å². The topological polar surface area (TPSA) is 43.1 Å². The Labute approximate surface area is 99.6 Å². The zero-order valence-corrected chi connectivity index (χ0v) is 10.1. The van der Waals surface area contributed by atoms with Crippen LogP contribution in [0, 0.1) is 11.2 Å². The molecule has 0 saturated carbocycles. The molecule has 0 atom stereocenters. The van der Waals surface area contributed by atoms with Crippen LogP contribution in [0.3, 0.4) is 0 Å². The summed E-state index contributed by atoms with van der Waals surface area (Å²) >= 11 is 5.77. The smallest absolute Gasteiger partial charge is 0.144 e. The molecule has 1 rings (SSSR count). The molecule has 0 spiro atoms. The van der Waals surface area contributed by atoms with Gasteiger partial charge in [-0.25, -0.2) is 4.39 Å². The van der Waals surface area contributed by atoms with Crippen LogP contribution in [0.5, 0.6) is 0 Å². The first kappa shape index (κ1) is 13.1. The lowest BCUT2D eigenvalue weighted by Gasteiger charge is -2.20. The lowest BCUT2D eigenvalue weighted by molar-refractivity contribution is -0.125. The van der Waals surface area contributed by atoms with Crippen molar-refractivity contribution in [2.24, 2.45) is 11.1 Å². The van der Waals surface area contributed by atoms with Gasteiger partial charge in [0.1, 0.15) is 11.6 Å². The Balaban J connectivity index is 2.90. The van der Waals surface area contributed by atoms with Crippen molar-refractivity contribution in [1.29, 1.82) is 0 Å². The van der Waals surface area contributed by atoms with E-state index in [1.165, 1.54) is 6.07 Å². The van der Waals surface area contributed by atoms with Crippen molar-refractivity contribution >= 4 is 17.4 Å². The molecule has 0 aliphatic carbocycles. The Morgan fingerprint density at radius 1 is 1.50 bits per heavy atom. The number of halogens is 2. The molecule has 0 unspecified atom stereocenters. The second-order valence-electron chi connectivity index (χ2n) is 4.40. The minimum absolute atomic E-state index is 0.0173. The molecule has 0 aliphatic rings. The Kier molecular flexibility index (Phi) is 4.05. The Bertz CT molecular complexity index is 404. The molecule has 1 aromatic carbocycles. The SMILES string of the molecule is CC(C)(CN)C(=O)Cc1cccc(F)c1Cl. The molecule has 0 bridgehead atoms. The first-order valence-corrected chi connectivity index (χ1v) is 5.42. The van der Waals surface area contributed by atoms with Crippen LogP contribution in [0.25, 0.3) is 0 Å². The quantitative estimate of drug-likeness (QED) is 0.883. The molecule has 2 nitrogen and oxygen atoms in total. The zero-order chi connectivity index (χ0) is 12.3. The van der Waals surface area contributed by atoms with E-state index in [-0.39, 0.29) is 23.8 Å². The van der Waals surface area contributed by atoms with Crippen LogP contribution in [0.1, 0.15) is 19.4 Å². The predicted molar refractivity (Wildman–Crippen MR) is 63.0 cm³/mol. The van der Waals surface area contributed by atoms with Crippen LogP contribution in [0.15, 0.2) is 18.2 Å². The van der Waals surface area contributed by atoms with Gasteiger partial charge in [-0.1, -0.05) is 37.6 Å². The normalized spacial score (nSPS) is 11.6. The van der Waals surface area contributed by atoms with Crippen molar-refractivity contribution in [3.8, 4) is 0 Å². The molecule has 16 heavy (non-hydrogen) atoms. The molecule has 0 fully saturated rings. The fourth-order valence-corrected chi connectivity index (χ4v) is 1.40. The summed E-state index contributed by atoms with van der Waals surface area (Å²) in [6.45, 7) is 3.80. The predicted octanol–water partition coefficient (Wildman–Crippen LogP) is 2.58. The summed E-state index contributed by atoms with van der Waals surface area (Å²) in [5.41, 5.74) is 5.41. The molecule has 0 radical (unpaired) electrons. The van der Waals surface area contributed by atoms with Crippen molar-refractivity contribution in [2.45, 2.75) is 20.3 Å². The Hall–Kier alpha value is -0.930. The minimum Gasteiger partial charge on any atom is -0.329 e. The number of hydrogen-bond donors (Lipinski definition) is 1. The van der Waals surface area contributed by atoms with Gasteiger partial charge in [0, 0.05) is 18.4 Å². The molecule has 0 saturated heterocycles. The van der Waals surface area contributed by atoms with Crippen molar-refractivity contribution in [3.05, 3.63) is 34.6 Å². The molecule has 0 aliphatic heterocycles. The molecule has 0 amide bonds. The third-order valence-electron chi connectivity index (χ3n) is 2.65. The Morgan fingerprint density at radius 3 is 2.69 bits per heavy atom. The van der Waals surface area contributed by atoms with Gasteiger partial charge in [-0.05, 0) is 11.6 Å². The number of nitrogens with two attached hydrogens (primary N) is 1. The standard InChI is InChI=1S/C12H15ClFNO/c1-12(2,7-15)10(16)6-8-4-3-5-9(14)11(8)13/h3-5H,6-7,15H2,1-2H3. The summed E-state index contributed by atoms with van der Waals surface area (Å²) in [6, 6.07) is 4.46. The fraction of sp³-hybridized carbons (Fsp3) is 0.417. The van der Waals surface area contributed by atoms with E-state index < -0.39 is 11.2 Å². The van der Waals surface area contributed by atoms with E-state index in [2.05, 4.69) is 0 Å². The summed E-state index contributed by atoms with van der Waals surface area (Å²) in [7, 11) is 0. The van der Waals surface area contributed by atoms with Gasteiger partial charge in [0.05, 0.1) is 5.02 Å². The van der Waals surface area contributed by atoms with Gasteiger partial charge in [0.15, 0.2) is 0 Å². The molecule has 0 aromatic heterocycles. The van der Waals surface area contributed by atoms with E-state index in [1.54, 1.807) is 26.0 Å². The highest BCUT2D eigenvalue weighted by Crippen LogP contribution is 2.24. The van der Waals surface area contributed by atoms with E-state index >= 15 is 0 Å². The maximum Gasteiger partial charge on any atom is 0.144 e. The highest BCUT2D eigenvalue weighted by Gasteiger charge is 2.26. The third-order valence-corrected chi connectivity index (χ3v) is 3.07. The summed E-state index contributed by atoms with van der Waals surface area (Å²) in [5, 5.41) is 0.0173. The molecule has 1 aromatic rings. The van der Waals surface area contributed by atoms with Gasteiger partial charge in [-0.2, -0.15) is 0 Å². The monoisotopic (exact) mass is 243 g/mol. The van der Waals surface area contributed by atoms with Crippen LogP contribution < -0.4 is 5.73 Å². The first-order chi connectivity index (χ1) is 7.38. The molecule has 0 heterocycles. The van der Waals surface area contributed by atoms with E-state index in [0.717, 1.165) is 0 Å². The Morgan fingerprint density at radius 2 is 2.12 bits per heavy atom. The highest BCUT2D eigenvalue weighted by atomic mass is 35.5. The number of rotatable bonds is 4. The molecule has 2 N–H and O–H groups in total. The van der Waals surface area contributed by atoms with Crippen molar-refractivity contribution in [3.63, 3.8) is 0 Å². The van der Waals surface area contributed by atoms with Gasteiger partial charge < -0.3 is 5.73 Å². The van der Waals surface area contributed by atoms with Crippen LogP contribution in [0.4, 0.5) is 4.39 Å². The largest absolute Gasteiger partial charge is 0.329 e. The van der Waals surface area contributed by atoms with Crippen molar-refractivity contribution in [2.75, 3.05) is 6.54 Å². The fourth-order valence-electron chi connectivity index (χ4n) is 1.21. The molecular weight excluding hydrogens is 229 g/mol. The van der Waals surface area contributed by atoms with E-state index in [9.17, 15) is 9.18 Å². The van der Waals surface area contributed by atoms with Crippen LogP contribution in [-0.2, 0) is 11.2 Å². The number of hydrogen-bond acceptors (Lipinski definition) is 2. The highest BCUT2D eigenvalue weighted by molar-refractivity contribution is 6.31. The average Bonchev–Trinajstić information content (AvgIpc) is 2.24. The summed E-state index contributed by atoms with van der Waals surface area (Å²) in [4.78, 5) is 11.9. The van der Waals surface area contributed by atoms with E-state index in [1.807, 2.05) is 0 Å². The number of ketones is 1. The zero-order valence-electron chi connectivity index (χ0n) is 9.39. The number of Topliss-reactive ketones (excluding diaryl/α,β-unsaturated/α-hetero) is 1. The average molecular weight is 244 g/mol. The molecule has 88 valence electrons. The summed E-state index contributed by atoms with van der Waals surface area (Å²) in [5.74, 6) is -0.542. The van der Waals surface area contributed by atoms with E-state index in [0.29, 0.717) is 5.56 Å². The third kappa shape index (κ3) is 2.80. The number of carbonyl (C=O) groups excluding carboxylic acids is 1. The van der Waals surface area contributed by atoms with Gasteiger partial charge in [0.25, 0.3) is 0 Å². The van der Waals surface area contributed by atoms with Gasteiger partial charge in [0.2, 0.25) is 0 Å². The van der Waals surface area contributed by atoms with Crippen molar-refractivity contribution in [1.82, 2.24) is 0 Å². The maximum absolute atomic E-state index is 13.1. The minimum atomic E-state index is -0.602. The summed E-state index contributed by atoms with van der Waals surface area (Å²) in [6.07, 6.45) is 0.112. The molecular formula is C12H15ClFNO. The van der Waals surface area contributed by atoms with Crippen LogP contribution in [0.2, 0.25) is 5.02 Å². The van der Waals surface area contributed by atoms with Gasteiger partial charge in [-0.15, -0.1) is 0 Å². The number of benzene rings is 1. The van der Waals surface area contributed by atoms with Crippen LogP contribution >= 0.6 is 11.6 Å². The van der Waals surface area contributed by atoms with E-state index in [4.69, 9.17) is 17.3 Å². The second kappa shape index (κ2) is 4.93. The lowest BCUT2D eigenvalue weighted by atomic mass is 9.85. The van der Waals surface area contributed by atoms with Gasteiger partial charge >= 0.3 is 0 Å². The second-order valence-corrected chi connectivity index (χ2v) is 4.78. The summed E-state index contributed by atoms with van der Waals surface area (Å²) < 4.78 is 13.1. The van der Waals surface area contributed by atoms with Crippen molar-refractivity contribution < 1.29 is 9.18 Å². The molecule has 4 heteroatoms. The maximum atomic E-state index is 13.1. The first-order valence-electron chi connectivity index (χ1n) is 5.05. The lowest BCUT2D eigenvalue weighted by Crippen LogP contribution is -2.33. The number of carbonyl (C=O) groups is 1.